The van der Waals surface area contributed by atoms with E-state index in [0.29, 0.717) is 5.56 Å². The third kappa shape index (κ3) is 1.97. The second-order valence-electron chi connectivity index (χ2n) is 2.35. The van der Waals surface area contributed by atoms with Crippen LogP contribution in [0.2, 0.25) is 0 Å². The number of hydrogen-bond donors (Lipinski definition) is 0. The van der Waals surface area contributed by atoms with E-state index in [1.807, 2.05) is 0 Å². The van der Waals surface area contributed by atoms with Gasteiger partial charge in [-0.2, -0.15) is 13.2 Å². The van der Waals surface area contributed by atoms with E-state index < -0.39 is 11.7 Å². The van der Waals surface area contributed by atoms with Crippen molar-refractivity contribution in [2.45, 2.75) is 13.1 Å². The van der Waals surface area contributed by atoms with Gasteiger partial charge >= 0.3 is 6.18 Å². The molecule has 66 valence electrons. The summed E-state index contributed by atoms with van der Waals surface area (Å²) in [7, 11) is 0. The van der Waals surface area contributed by atoms with Crippen molar-refractivity contribution >= 4 is 15.9 Å². The van der Waals surface area contributed by atoms with E-state index in [4.69, 9.17) is 0 Å². The molecule has 0 aliphatic rings. The lowest BCUT2D eigenvalue weighted by atomic mass is 10.2. The first-order valence-electron chi connectivity index (χ1n) is 3.10. The average molecular weight is 240 g/mol. The largest absolute Gasteiger partial charge is 0.419 e. The predicted molar refractivity (Wildman–Crippen MR) is 41.7 cm³/mol. The number of alkyl halides is 3. The number of aryl methyl sites for hydroxylation is 1. The molecule has 0 fully saturated rings. The van der Waals surface area contributed by atoms with Gasteiger partial charge in [0, 0.05) is 6.20 Å². The maximum atomic E-state index is 12.2. The highest BCUT2D eigenvalue weighted by Gasteiger charge is 2.33. The molecule has 0 spiro atoms. The quantitative estimate of drug-likeness (QED) is 0.634. The molecule has 0 saturated heterocycles. The minimum absolute atomic E-state index is 0.166. The van der Waals surface area contributed by atoms with Gasteiger partial charge in [0.1, 0.15) is 4.60 Å². The number of rotatable bonds is 0. The summed E-state index contributed by atoms with van der Waals surface area (Å²) in [6.07, 6.45) is -2.96. The van der Waals surface area contributed by atoms with Gasteiger partial charge in [0.15, 0.2) is 0 Å². The van der Waals surface area contributed by atoms with Crippen LogP contribution in [0, 0.1) is 6.92 Å². The molecule has 0 radical (unpaired) electrons. The zero-order chi connectivity index (χ0) is 9.35. The van der Waals surface area contributed by atoms with Crippen LogP contribution in [0.1, 0.15) is 11.1 Å². The fourth-order valence-electron chi connectivity index (χ4n) is 0.751. The summed E-state index contributed by atoms with van der Waals surface area (Å²) in [6, 6.07) is 1.05. The highest BCUT2D eigenvalue weighted by molar-refractivity contribution is 9.10. The van der Waals surface area contributed by atoms with Crippen LogP contribution >= 0.6 is 15.9 Å². The summed E-state index contributed by atoms with van der Waals surface area (Å²) < 4.78 is 36.3. The van der Waals surface area contributed by atoms with Crippen LogP contribution in [0.4, 0.5) is 13.2 Å². The molecule has 0 saturated carbocycles. The first-order chi connectivity index (χ1) is 5.41. The summed E-state index contributed by atoms with van der Waals surface area (Å²) >= 11 is 2.74. The Morgan fingerprint density at radius 1 is 1.42 bits per heavy atom. The van der Waals surface area contributed by atoms with E-state index >= 15 is 0 Å². The highest BCUT2D eigenvalue weighted by Crippen LogP contribution is 2.33. The Kier molecular flexibility index (Phi) is 2.41. The Balaban J connectivity index is 3.23. The maximum Gasteiger partial charge on any atom is 0.419 e. The average Bonchev–Trinajstić information content (AvgIpc) is 1.92. The topological polar surface area (TPSA) is 12.9 Å². The fourth-order valence-corrected chi connectivity index (χ4v) is 1.19. The smallest absolute Gasteiger partial charge is 0.248 e. The first kappa shape index (κ1) is 9.51. The minimum atomic E-state index is -4.34. The Labute approximate surface area is 75.7 Å². The lowest BCUT2D eigenvalue weighted by molar-refractivity contribution is -0.138. The molecule has 1 aromatic heterocycles. The van der Waals surface area contributed by atoms with E-state index in [9.17, 15) is 13.2 Å². The van der Waals surface area contributed by atoms with E-state index in [1.54, 1.807) is 6.92 Å². The van der Waals surface area contributed by atoms with Crippen LogP contribution < -0.4 is 0 Å². The van der Waals surface area contributed by atoms with Crippen LogP contribution in [-0.4, -0.2) is 4.98 Å². The third-order valence-electron chi connectivity index (χ3n) is 1.28. The predicted octanol–water partition coefficient (Wildman–Crippen LogP) is 3.17. The van der Waals surface area contributed by atoms with Gasteiger partial charge in [-0.05, 0) is 34.5 Å². The molecule has 1 nitrogen and oxygen atoms in total. The molecule has 0 aliphatic carbocycles. The minimum Gasteiger partial charge on any atom is -0.248 e. The van der Waals surface area contributed by atoms with Gasteiger partial charge in [-0.3, -0.25) is 0 Å². The van der Waals surface area contributed by atoms with Crippen LogP contribution in [-0.2, 0) is 6.18 Å². The molecule has 0 aliphatic heterocycles. The molecule has 0 atom stereocenters. The maximum absolute atomic E-state index is 12.2. The number of hydrogen-bond acceptors (Lipinski definition) is 1. The van der Waals surface area contributed by atoms with Gasteiger partial charge in [-0.15, -0.1) is 0 Å². The number of aromatic nitrogens is 1. The number of nitrogens with zero attached hydrogens (tertiary/aromatic N) is 1. The molecule has 1 rings (SSSR count). The van der Waals surface area contributed by atoms with Crippen molar-refractivity contribution in [3.63, 3.8) is 0 Å². The van der Waals surface area contributed by atoms with Crippen LogP contribution in [0.5, 0.6) is 0 Å². The molecular formula is C7H5BrF3N. The lowest BCUT2D eigenvalue weighted by Crippen LogP contribution is -2.07. The van der Waals surface area contributed by atoms with Crippen molar-refractivity contribution in [3.8, 4) is 0 Å². The van der Waals surface area contributed by atoms with E-state index in [-0.39, 0.29) is 4.60 Å². The SMILES string of the molecule is Cc1cnc(Br)c(C(F)(F)F)c1. The van der Waals surface area contributed by atoms with E-state index in [2.05, 4.69) is 20.9 Å². The molecule has 5 heteroatoms. The second kappa shape index (κ2) is 3.05. The van der Waals surface area contributed by atoms with Crippen molar-refractivity contribution in [2.75, 3.05) is 0 Å². The van der Waals surface area contributed by atoms with Crippen LogP contribution in [0.25, 0.3) is 0 Å². The Bertz CT molecular complexity index is 295. The molecule has 0 amide bonds. The third-order valence-corrected chi connectivity index (χ3v) is 1.91. The summed E-state index contributed by atoms with van der Waals surface area (Å²) in [5.41, 5.74) is -0.243. The second-order valence-corrected chi connectivity index (χ2v) is 3.10. The first-order valence-corrected chi connectivity index (χ1v) is 3.90. The van der Waals surface area contributed by atoms with Gasteiger partial charge in [0.25, 0.3) is 0 Å². The Hall–Kier alpha value is -0.580. The summed E-state index contributed by atoms with van der Waals surface area (Å²) in [4.78, 5) is 3.54. The summed E-state index contributed by atoms with van der Waals surface area (Å²) in [5.74, 6) is 0. The fraction of sp³-hybridized carbons (Fsp3) is 0.286. The zero-order valence-electron chi connectivity index (χ0n) is 6.11. The summed E-state index contributed by atoms with van der Waals surface area (Å²) in [5, 5.41) is 0. The normalized spacial score (nSPS) is 11.8. The van der Waals surface area contributed by atoms with Gasteiger partial charge in [-0.1, -0.05) is 0 Å². The van der Waals surface area contributed by atoms with Crippen molar-refractivity contribution in [2.24, 2.45) is 0 Å². The van der Waals surface area contributed by atoms with Crippen molar-refractivity contribution < 1.29 is 13.2 Å². The summed E-state index contributed by atoms with van der Waals surface area (Å²) in [6.45, 7) is 1.56. The number of pyridine rings is 1. The molecule has 0 bridgehead atoms. The monoisotopic (exact) mass is 239 g/mol. The van der Waals surface area contributed by atoms with Crippen molar-refractivity contribution in [3.05, 3.63) is 28.0 Å². The van der Waals surface area contributed by atoms with Crippen molar-refractivity contribution in [1.29, 1.82) is 0 Å². The molecule has 0 aromatic carbocycles. The zero-order valence-corrected chi connectivity index (χ0v) is 7.70. The van der Waals surface area contributed by atoms with E-state index in [1.165, 1.54) is 6.20 Å². The van der Waals surface area contributed by atoms with Gasteiger partial charge in [0.2, 0.25) is 0 Å². The molecule has 0 N–H and O–H groups in total. The Morgan fingerprint density at radius 2 is 2.00 bits per heavy atom. The van der Waals surface area contributed by atoms with Crippen LogP contribution in [0.15, 0.2) is 16.9 Å². The van der Waals surface area contributed by atoms with Crippen LogP contribution in [0.3, 0.4) is 0 Å². The highest BCUT2D eigenvalue weighted by atomic mass is 79.9. The molecule has 0 unspecified atom stereocenters. The van der Waals surface area contributed by atoms with Gasteiger partial charge < -0.3 is 0 Å². The standard InChI is InChI=1S/C7H5BrF3N/c1-4-2-5(7(9,10)11)6(8)12-3-4/h2-3H,1H3. The molecular weight excluding hydrogens is 235 g/mol. The lowest BCUT2D eigenvalue weighted by Gasteiger charge is -2.08. The molecule has 1 aromatic rings. The number of halogens is 4. The van der Waals surface area contributed by atoms with Crippen molar-refractivity contribution in [1.82, 2.24) is 4.98 Å². The molecule has 12 heavy (non-hydrogen) atoms. The van der Waals surface area contributed by atoms with Gasteiger partial charge in [0.05, 0.1) is 5.56 Å². The Morgan fingerprint density at radius 3 is 2.42 bits per heavy atom. The van der Waals surface area contributed by atoms with Gasteiger partial charge in [-0.25, -0.2) is 4.98 Å². The van der Waals surface area contributed by atoms with E-state index in [0.717, 1.165) is 6.07 Å². The molecule has 1 heterocycles.